The number of nitrogens with zero attached hydrogens (tertiary/aromatic N) is 2. The summed E-state index contributed by atoms with van der Waals surface area (Å²) in [7, 11) is 0. The summed E-state index contributed by atoms with van der Waals surface area (Å²) in [6, 6.07) is 4.41. The van der Waals surface area contributed by atoms with Crippen LogP contribution in [0.1, 0.15) is 24.8 Å². The summed E-state index contributed by atoms with van der Waals surface area (Å²) < 4.78 is 11.5. The van der Waals surface area contributed by atoms with E-state index in [-0.39, 0.29) is 17.9 Å². The van der Waals surface area contributed by atoms with E-state index in [2.05, 4.69) is 15.2 Å². The van der Waals surface area contributed by atoms with Gasteiger partial charge in [-0.2, -0.15) is 0 Å². The van der Waals surface area contributed by atoms with E-state index in [0.29, 0.717) is 18.5 Å². The van der Waals surface area contributed by atoms with Gasteiger partial charge in [0, 0.05) is 63.8 Å². The lowest BCUT2D eigenvalue weighted by Gasteiger charge is -2.44. The highest BCUT2D eigenvalue weighted by molar-refractivity contribution is 5.79. The minimum absolute atomic E-state index is 0.0146. The second kappa shape index (κ2) is 7.81. The third-order valence-electron chi connectivity index (χ3n) is 5.86. The van der Waals surface area contributed by atoms with Gasteiger partial charge in [-0.3, -0.25) is 14.7 Å². The number of rotatable bonds is 4. The molecule has 4 rings (SSSR count). The lowest BCUT2D eigenvalue weighted by atomic mass is 9.81. The summed E-state index contributed by atoms with van der Waals surface area (Å²) >= 11 is 0. The maximum Gasteiger partial charge on any atom is 0.225 e. The number of hydrogen-bond donors (Lipinski definition) is 1. The van der Waals surface area contributed by atoms with Crippen LogP contribution in [0, 0.1) is 11.8 Å². The number of pyridine rings is 1. The van der Waals surface area contributed by atoms with Crippen molar-refractivity contribution in [3.05, 3.63) is 30.1 Å². The van der Waals surface area contributed by atoms with E-state index in [1.54, 1.807) is 12.4 Å². The van der Waals surface area contributed by atoms with Gasteiger partial charge >= 0.3 is 0 Å². The number of ether oxygens (including phenoxy) is 2. The molecule has 3 aliphatic rings. The van der Waals surface area contributed by atoms with Gasteiger partial charge in [0.05, 0.1) is 12.0 Å². The van der Waals surface area contributed by atoms with E-state index in [4.69, 9.17) is 9.47 Å². The molecule has 0 aliphatic carbocycles. The zero-order valence-corrected chi connectivity index (χ0v) is 14.6. The molecule has 0 radical (unpaired) electrons. The Hall–Kier alpha value is -1.50. The molecular weight excluding hydrogens is 318 g/mol. The molecule has 1 N–H and O–H groups in total. The first-order valence-corrected chi connectivity index (χ1v) is 9.41. The molecule has 0 spiro atoms. The minimum Gasteiger partial charge on any atom is -0.381 e. The molecule has 1 aromatic heterocycles. The van der Waals surface area contributed by atoms with Gasteiger partial charge in [0.1, 0.15) is 0 Å². The molecule has 6 heteroatoms. The Morgan fingerprint density at radius 2 is 2.12 bits per heavy atom. The van der Waals surface area contributed by atoms with Gasteiger partial charge in [0.25, 0.3) is 0 Å². The lowest BCUT2D eigenvalue weighted by molar-refractivity contribution is -0.132. The third kappa shape index (κ3) is 3.86. The first-order chi connectivity index (χ1) is 12.3. The SMILES string of the molecule is O=C(NCc1cccnc1)[C@@H]1CN(C2CCOCC2)C[C@H]2OCC[C@H]21. The summed E-state index contributed by atoms with van der Waals surface area (Å²) in [5.74, 6) is 0.520. The predicted molar refractivity (Wildman–Crippen MR) is 92.8 cm³/mol. The van der Waals surface area contributed by atoms with Crippen LogP contribution in [-0.2, 0) is 20.8 Å². The van der Waals surface area contributed by atoms with Gasteiger partial charge in [0.2, 0.25) is 5.91 Å². The van der Waals surface area contributed by atoms with Crippen LogP contribution >= 0.6 is 0 Å². The van der Waals surface area contributed by atoms with Crippen LogP contribution in [0.2, 0.25) is 0 Å². The summed E-state index contributed by atoms with van der Waals surface area (Å²) in [6.07, 6.45) is 6.86. The number of hydrogen-bond acceptors (Lipinski definition) is 5. The number of amides is 1. The van der Waals surface area contributed by atoms with Crippen LogP contribution in [-0.4, -0.2) is 60.8 Å². The maximum absolute atomic E-state index is 12.9. The fourth-order valence-electron chi connectivity index (χ4n) is 4.46. The molecule has 3 fully saturated rings. The van der Waals surface area contributed by atoms with Crippen molar-refractivity contribution in [2.24, 2.45) is 11.8 Å². The van der Waals surface area contributed by atoms with Crippen molar-refractivity contribution < 1.29 is 14.3 Å². The van der Waals surface area contributed by atoms with E-state index < -0.39 is 0 Å². The number of fused-ring (bicyclic) bond motifs is 1. The second-order valence-electron chi connectivity index (χ2n) is 7.34. The van der Waals surface area contributed by atoms with Crippen LogP contribution < -0.4 is 5.32 Å². The quantitative estimate of drug-likeness (QED) is 0.889. The Kier molecular flexibility index (Phi) is 5.29. The van der Waals surface area contributed by atoms with Gasteiger partial charge in [0.15, 0.2) is 0 Å². The standard InChI is InChI=1S/C19H27N3O3/c23-19(21-11-14-2-1-6-20-10-14)17-12-22(15-3-7-24-8-4-15)13-18-16(17)5-9-25-18/h1-2,6,10,15-18H,3-5,7-9,11-13H2,(H,21,23)/t16-,17+,18+/m0/s1. The van der Waals surface area contributed by atoms with E-state index in [0.717, 1.165) is 57.7 Å². The summed E-state index contributed by atoms with van der Waals surface area (Å²) in [4.78, 5) is 19.5. The summed E-state index contributed by atoms with van der Waals surface area (Å²) in [5, 5.41) is 3.12. The lowest BCUT2D eigenvalue weighted by Crippen LogP contribution is -2.56. The highest BCUT2D eigenvalue weighted by atomic mass is 16.5. The van der Waals surface area contributed by atoms with Gasteiger partial charge in [-0.25, -0.2) is 0 Å². The predicted octanol–water partition coefficient (Wildman–Crippen LogP) is 1.21. The zero-order valence-electron chi connectivity index (χ0n) is 14.6. The normalized spacial score (nSPS) is 30.8. The first kappa shape index (κ1) is 16.9. The second-order valence-corrected chi connectivity index (χ2v) is 7.34. The molecule has 6 nitrogen and oxygen atoms in total. The van der Waals surface area contributed by atoms with E-state index in [1.807, 2.05) is 12.1 Å². The number of carbonyl (C=O) groups excluding carboxylic acids is 1. The molecule has 3 atom stereocenters. The van der Waals surface area contributed by atoms with E-state index in [9.17, 15) is 4.79 Å². The topological polar surface area (TPSA) is 63.7 Å². The van der Waals surface area contributed by atoms with Crippen molar-refractivity contribution in [3.8, 4) is 0 Å². The van der Waals surface area contributed by atoms with Crippen molar-refractivity contribution in [3.63, 3.8) is 0 Å². The number of likely N-dealkylation sites (tertiary alicyclic amines) is 1. The van der Waals surface area contributed by atoms with Crippen molar-refractivity contribution in [2.75, 3.05) is 32.9 Å². The zero-order chi connectivity index (χ0) is 17.1. The Balaban J connectivity index is 1.41. The smallest absolute Gasteiger partial charge is 0.225 e. The average molecular weight is 345 g/mol. The molecular formula is C19H27N3O3. The Morgan fingerprint density at radius 3 is 2.92 bits per heavy atom. The molecule has 1 aromatic rings. The van der Waals surface area contributed by atoms with Crippen molar-refractivity contribution >= 4 is 5.91 Å². The van der Waals surface area contributed by atoms with Crippen molar-refractivity contribution in [2.45, 2.75) is 38.0 Å². The number of carbonyl (C=O) groups is 1. The van der Waals surface area contributed by atoms with Crippen molar-refractivity contribution in [1.82, 2.24) is 15.2 Å². The monoisotopic (exact) mass is 345 g/mol. The van der Waals surface area contributed by atoms with E-state index in [1.165, 1.54) is 0 Å². The molecule has 0 unspecified atom stereocenters. The third-order valence-corrected chi connectivity index (χ3v) is 5.86. The molecule has 4 heterocycles. The van der Waals surface area contributed by atoms with Crippen LogP contribution in [0.5, 0.6) is 0 Å². The largest absolute Gasteiger partial charge is 0.381 e. The molecule has 136 valence electrons. The molecule has 0 bridgehead atoms. The fourth-order valence-corrected chi connectivity index (χ4v) is 4.46. The molecule has 25 heavy (non-hydrogen) atoms. The van der Waals surface area contributed by atoms with Crippen LogP contribution in [0.25, 0.3) is 0 Å². The summed E-state index contributed by atoms with van der Waals surface area (Å²) in [5.41, 5.74) is 1.03. The Morgan fingerprint density at radius 1 is 1.24 bits per heavy atom. The van der Waals surface area contributed by atoms with Gasteiger partial charge in [-0.15, -0.1) is 0 Å². The van der Waals surface area contributed by atoms with Crippen LogP contribution in [0.3, 0.4) is 0 Å². The van der Waals surface area contributed by atoms with Gasteiger partial charge in [-0.1, -0.05) is 6.07 Å². The first-order valence-electron chi connectivity index (χ1n) is 9.41. The maximum atomic E-state index is 12.9. The highest BCUT2D eigenvalue weighted by Crippen LogP contribution is 2.35. The highest BCUT2D eigenvalue weighted by Gasteiger charge is 2.45. The molecule has 0 aromatic carbocycles. The van der Waals surface area contributed by atoms with Crippen molar-refractivity contribution in [1.29, 1.82) is 0 Å². The minimum atomic E-state index is 0.0146. The molecule has 0 saturated carbocycles. The molecule has 3 saturated heterocycles. The Labute approximate surface area is 148 Å². The Bertz CT molecular complexity index is 577. The molecule has 3 aliphatic heterocycles. The number of piperidine rings is 1. The summed E-state index contributed by atoms with van der Waals surface area (Å²) in [6.45, 7) is 4.78. The van der Waals surface area contributed by atoms with E-state index >= 15 is 0 Å². The fraction of sp³-hybridized carbons (Fsp3) is 0.684. The van der Waals surface area contributed by atoms with Gasteiger partial charge in [-0.05, 0) is 30.9 Å². The number of nitrogens with one attached hydrogen (secondary N) is 1. The number of aromatic nitrogens is 1. The molecule has 1 amide bonds. The van der Waals surface area contributed by atoms with Crippen LogP contribution in [0.15, 0.2) is 24.5 Å². The van der Waals surface area contributed by atoms with Gasteiger partial charge < -0.3 is 14.8 Å². The van der Waals surface area contributed by atoms with Crippen LogP contribution in [0.4, 0.5) is 0 Å². The average Bonchev–Trinajstić information content (AvgIpc) is 3.15.